The summed E-state index contributed by atoms with van der Waals surface area (Å²) in [4.78, 5) is 1.78. The molecule has 0 atom stereocenters. The van der Waals surface area contributed by atoms with E-state index in [1.807, 2.05) is 24.3 Å². The van der Waals surface area contributed by atoms with E-state index in [4.69, 9.17) is 23.4 Å². The van der Waals surface area contributed by atoms with Crippen molar-refractivity contribution in [1.82, 2.24) is 0 Å². The lowest BCUT2D eigenvalue weighted by Gasteiger charge is -2.18. The molecule has 0 aliphatic rings. The van der Waals surface area contributed by atoms with Gasteiger partial charge < -0.3 is 0 Å². The van der Waals surface area contributed by atoms with Crippen molar-refractivity contribution in [1.29, 1.82) is 10.8 Å². The molecule has 4 aromatic rings. The fourth-order valence-corrected chi connectivity index (χ4v) is 4.26. The molecule has 4 aromatic carbocycles. The first kappa shape index (κ1) is 13.9. The minimum Gasteiger partial charge on any atom is -0.298 e. The van der Waals surface area contributed by atoms with Crippen LogP contribution in [0.15, 0.2) is 34.1 Å². The van der Waals surface area contributed by atoms with Crippen LogP contribution < -0.4 is 10.7 Å². The number of benzene rings is 4. The Hall–Kier alpha value is -1.78. The lowest BCUT2D eigenvalue weighted by atomic mass is 9.89. The molecule has 0 fully saturated rings. The van der Waals surface area contributed by atoms with Crippen molar-refractivity contribution in [2.45, 2.75) is 23.6 Å². The second-order valence-electron chi connectivity index (χ2n) is 5.79. The van der Waals surface area contributed by atoms with Crippen LogP contribution in [0.1, 0.15) is 11.1 Å². The monoisotopic (exact) mass is 322 g/mol. The van der Waals surface area contributed by atoms with Crippen molar-refractivity contribution in [3.05, 3.63) is 46.1 Å². The highest BCUT2D eigenvalue weighted by Crippen LogP contribution is 2.41. The van der Waals surface area contributed by atoms with Crippen molar-refractivity contribution in [2.75, 3.05) is 0 Å². The highest BCUT2D eigenvalue weighted by atomic mass is 32.1. The second kappa shape index (κ2) is 4.37. The Morgan fingerprint density at radius 3 is 1.91 bits per heavy atom. The van der Waals surface area contributed by atoms with E-state index in [1.165, 1.54) is 5.56 Å². The molecule has 0 bridgehead atoms. The lowest BCUT2D eigenvalue weighted by molar-refractivity contribution is 1.18. The van der Waals surface area contributed by atoms with Gasteiger partial charge in [-0.1, -0.05) is 18.2 Å². The normalized spacial score (nSPS) is 12.0. The van der Waals surface area contributed by atoms with Gasteiger partial charge in [-0.3, -0.25) is 10.8 Å². The van der Waals surface area contributed by atoms with Crippen molar-refractivity contribution in [2.24, 2.45) is 0 Å². The fourth-order valence-electron chi connectivity index (χ4n) is 3.53. The molecule has 0 aliphatic heterocycles. The summed E-state index contributed by atoms with van der Waals surface area (Å²) in [7, 11) is 0. The topological polar surface area (TPSA) is 47.7 Å². The molecule has 0 spiro atoms. The molecule has 0 aliphatic carbocycles. The number of thiol groups is 2. The molecular formula is C18H14N2S2. The van der Waals surface area contributed by atoms with Crippen LogP contribution in [0.25, 0.3) is 32.3 Å². The van der Waals surface area contributed by atoms with Gasteiger partial charge in [-0.05, 0) is 36.4 Å². The molecular weight excluding hydrogens is 308 g/mol. The zero-order valence-electron chi connectivity index (χ0n) is 12.2. The molecule has 4 rings (SSSR count). The Morgan fingerprint density at radius 1 is 0.727 bits per heavy atom. The van der Waals surface area contributed by atoms with Crippen LogP contribution in [0.3, 0.4) is 0 Å². The standard InChI is InChI=1S/C18H14N2S2/c1-7-3-4-9-13-12(7)8(2)18(22)15-11(21)6-5-10(14(13)15)17(20)16(9)19/h3-6,19-22H,1-2H3. The summed E-state index contributed by atoms with van der Waals surface area (Å²) in [5.41, 5.74) is 2.28. The fraction of sp³-hybridized carbons (Fsp3) is 0.111. The van der Waals surface area contributed by atoms with Gasteiger partial charge in [-0.25, -0.2) is 0 Å². The minimum absolute atomic E-state index is 0.271. The molecule has 0 saturated carbocycles. The van der Waals surface area contributed by atoms with Crippen LogP contribution in [0, 0.1) is 24.7 Å². The molecule has 22 heavy (non-hydrogen) atoms. The van der Waals surface area contributed by atoms with Gasteiger partial charge >= 0.3 is 0 Å². The first-order valence-corrected chi connectivity index (χ1v) is 7.91. The molecule has 0 radical (unpaired) electrons. The average Bonchev–Trinajstić information content (AvgIpc) is 2.49. The van der Waals surface area contributed by atoms with Gasteiger partial charge in [-0.2, -0.15) is 0 Å². The van der Waals surface area contributed by atoms with Gasteiger partial charge in [0.25, 0.3) is 0 Å². The van der Waals surface area contributed by atoms with Crippen molar-refractivity contribution >= 4 is 57.6 Å². The van der Waals surface area contributed by atoms with Gasteiger partial charge in [-0.15, -0.1) is 25.3 Å². The molecule has 4 heteroatoms. The van der Waals surface area contributed by atoms with Crippen molar-refractivity contribution in [3.8, 4) is 0 Å². The smallest absolute Gasteiger partial charge is 0.0874 e. The van der Waals surface area contributed by atoms with Gasteiger partial charge in [0.2, 0.25) is 0 Å². The molecule has 0 saturated heterocycles. The van der Waals surface area contributed by atoms with E-state index in [-0.39, 0.29) is 10.7 Å². The Kier molecular flexibility index (Phi) is 2.75. The van der Waals surface area contributed by atoms with Crippen LogP contribution >= 0.6 is 25.3 Å². The highest BCUT2D eigenvalue weighted by molar-refractivity contribution is 7.81. The predicted molar refractivity (Wildman–Crippen MR) is 97.0 cm³/mol. The summed E-state index contributed by atoms with van der Waals surface area (Å²) in [5.74, 6) is 0. The largest absolute Gasteiger partial charge is 0.298 e. The summed E-state index contributed by atoms with van der Waals surface area (Å²) in [6, 6.07) is 7.78. The molecule has 2 N–H and O–H groups in total. The summed E-state index contributed by atoms with van der Waals surface area (Å²) in [6.45, 7) is 4.15. The zero-order valence-corrected chi connectivity index (χ0v) is 14.0. The van der Waals surface area contributed by atoms with E-state index in [2.05, 4.69) is 26.5 Å². The SMILES string of the molecule is Cc1ccc2c(=N)c(=N)c3ccc(S)c4c(S)c(C)c1c2c43. The summed E-state index contributed by atoms with van der Waals surface area (Å²) < 4.78 is 0. The number of hydrogen-bond acceptors (Lipinski definition) is 4. The van der Waals surface area contributed by atoms with Crippen LogP contribution in [-0.2, 0) is 0 Å². The third kappa shape index (κ3) is 1.49. The van der Waals surface area contributed by atoms with Crippen LogP contribution in [0.5, 0.6) is 0 Å². The van der Waals surface area contributed by atoms with Crippen molar-refractivity contribution in [3.63, 3.8) is 0 Å². The Balaban J connectivity index is 2.63. The van der Waals surface area contributed by atoms with Gasteiger partial charge in [0.1, 0.15) is 0 Å². The van der Waals surface area contributed by atoms with Crippen LogP contribution in [0.2, 0.25) is 0 Å². The molecule has 0 unspecified atom stereocenters. The van der Waals surface area contributed by atoms with Gasteiger partial charge in [0.05, 0.1) is 10.7 Å². The molecule has 0 amide bonds. The molecule has 2 nitrogen and oxygen atoms in total. The van der Waals surface area contributed by atoms with Crippen LogP contribution in [-0.4, -0.2) is 0 Å². The maximum absolute atomic E-state index is 8.36. The molecule has 108 valence electrons. The number of rotatable bonds is 0. The summed E-state index contributed by atoms with van der Waals surface area (Å²) >= 11 is 9.34. The molecule has 0 heterocycles. The first-order valence-electron chi connectivity index (χ1n) is 7.02. The lowest BCUT2D eigenvalue weighted by Crippen LogP contribution is -2.25. The Bertz CT molecular complexity index is 1100. The van der Waals surface area contributed by atoms with E-state index < -0.39 is 0 Å². The first-order chi connectivity index (χ1) is 10.4. The van der Waals surface area contributed by atoms with E-state index in [1.54, 1.807) is 0 Å². The third-order valence-corrected chi connectivity index (χ3v) is 5.53. The van der Waals surface area contributed by atoms with Crippen LogP contribution in [0.4, 0.5) is 0 Å². The maximum Gasteiger partial charge on any atom is 0.0874 e. The predicted octanol–water partition coefficient (Wildman–Crippen LogP) is 4.17. The van der Waals surface area contributed by atoms with E-state index in [9.17, 15) is 0 Å². The number of nitrogens with one attached hydrogen (secondary N) is 2. The van der Waals surface area contributed by atoms with Gasteiger partial charge in [0, 0.05) is 36.7 Å². The Morgan fingerprint density at radius 2 is 1.27 bits per heavy atom. The van der Waals surface area contributed by atoms with Crippen molar-refractivity contribution < 1.29 is 0 Å². The summed E-state index contributed by atoms with van der Waals surface area (Å²) in [5, 5.41) is 23.1. The van der Waals surface area contributed by atoms with E-state index in [0.717, 1.165) is 47.7 Å². The third-order valence-electron chi connectivity index (χ3n) is 4.60. The van der Waals surface area contributed by atoms with E-state index >= 15 is 0 Å². The minimum atomic E-state index is 0.271. The van der Waals surface area contributed by atoms with E-state index in [0.29, 0.717) is 0 Å². The number of aryl methyl sites for hydroxylation is 2. The number of hydrogen-bond donors (Lipinski definition) is 4. The molecule has 0 aromatic heterocycles. The highest BCUT2D eigenvalue weighted by Gasteiger charge is 2.18. The Labute approximate surface area is 138 Å². The average molecular weight is 322 g/mol. The second-order valence-corrected chi connectivity index (χ2v) is 6.71. The van der Waals surface area contributed by atoms with Gasteiger partial charge in [0.15, 0.2) is 0 Å². The summed E-state index contributed by atoms with van der Waals surface area (Å²) in [6.07, 6.45) is 0. The maximum atomic E-state index is 8.36. The zero-order chi connectivity index (χ0) is 15.8. The quantitative estimate of drug-likeness (QED) is 0.277.